The Balaban J connectivity index is 1.87. The molecule has 16 heavy (non-hydrogen) atoms. The zero-order valence-electron chi connectivity index (χ0n) is 9.01. The molecule has 2 aromatic rings. The zero-order chi connectivity index (χ0) is 11.4. The molecule has 0 bridgehead atoms. The number of ether oxygens (including phenoxy) is 1. The van der Waals surface area contributed by atoms with Gasteiger partial charge in [-0.1, -0.05) is 18.2 Å². The predicted molar refractivity (Wildman–Crippen MR) is 58.4 cm³/mol. The number of rotatable bonds is 4. The SMILES string of the molecule is Cc1nnc(COCc2ccccc2N)o1. The highest BCUT2D eigenvalue weighted by Crippen LogP contribution is 2.12. The topological polar surface area (TPSA) is 74.2 Å². The summed E-state index contributed by atoms with van der Waals surface area (Å²) in [4.78, 5) is 0. The third-order valence-corrected chi connectivity index (χ3v) is 2.11. The molecule has 5 heteroatoms. The van der Waals surface area contributed by atoms with E-state index in [-0.39, 0.29) is 0 Å². The average Bonchev–Trinajstić information content (AvgIpc) is 2.67. The first kappa shape index (κ1) is 10.6. The Kier molecular flexibility index (Phi) is 3.16. The summed E-state index contributed by atoms with van der Waals surface area (Å²) < 4.78 is 10.6. The molecule has 0 radical (unpaired) electrons. The summed E-state index contributed by atoms with van der Waals surface area (Å²) in [6.07, 6.45) is 0. The summed E-state index contributed by atoms with van der Waals surface area (Å²) >= 11 is 0. The van der Waals surface area contributed by atoms with Gasteiger partial charge >= 0.3 is 0 Å². The van der Waals surface area contributed by atoms with Gasteiger partial charge in [0, 0.05) is 18.2 Å². The lowest BCUT2D eigenvalue weighted by Gasteiger charge is -2.04. The molecule has 1 heterocycles. The first-order chi connectivity index (χ1) is 7.75. The molecule has 0 saturated heterocycles. The van der Waals surface area contributed by atoms with E-state index in [2.05, 4.69) is 10.2 Å². The highest BCUT2D eigenvalue weighted by molar-refractivity contribution is 5.45. The van der Waals surface area contributed by atoms with E-state index in [4.69, 9.17) is 14.9 Å². The highest BCUT2D eigenvalue weighted by Gasteiger charge is 2.03. The van der Waals surface area contributed by atoms with E-state index in [1.54, 1.807) is 6.92 Å². The van der Waals surface area contributed by atoms with Gasteiger partial charge in [0.1, 0.15) is 6.61 Å². The maximum Gasteiger partial charge on any atom is 0.242 e. The van der Waals surface area contributed by atoms with E-state index in [1.807, 2.05) is 24.3 Å². The summed E-state index contributed by atoms with van der Waals surface area (Å²) in [6, 6.07) is 7.58. The van der Waals surface area contributed by atoms with Gasteiger partial charge in [0.05, 0.1) is 6.61 Å². The predicted octanol–water partition coefficient (Wildman–Crippen LogP) is 1.68. The minimum absolute atomic E-state index is 0.301. The van der Waals surface area contributed by atoms with Gasteiger partial charge in [-0.2, -0.15) is 0 Å². The average molecular weight is 219 g/mol. The number of aryl methyl sites for hydroxylation is 1. The number of aromatic nitrogens is 2. The lowest BCUT2D eigenvalue weighted by atomic mass is 10.2. The van der Waals surface area contributed by atoms with Crippen LogP contribution in [0.4, 0.5) is 5.69 Å². The quantitative estimate of drug-likeness (QED) is 0.792. The second-order valence-corrected chi connectivity index (χ2v) is 3.41. The van der Waals surface area contributed by atoms with Crippen molar-refractivity contribution in [3.63, 3.8) is 0 Å². The summed E-state index contributed by atoms with van der Waals surface area (Å²) in [5.41, 5.74) is 7.46. The number of hydrogen-bond donors (Lipinski definition) is 1. The minimum atomic E-state index is 0.301. The van der Waals surface area contributed by atoms with Crippen molar-refractivity contribution in [1.82, 2.24) is 10.2 Å². The van der Waals surface area contributed by atoms with Gasteiger partial charge in [0.2, 0.25) is 11.8 Å². The fraction of sp³-hybridized carbons (Fsp3) is 0.273. The Morgan fingerprint density at radius 3 is 2.75 bits per heavy atom. The van der Waals surface area contributed by atoms with Crippen molar-refractivity contribution in [2.24, 2.45) is 0 Å². The van der Waals surface area contributed by atoms with Gasteiger partial charge in [-0.25, -0.2) is 0 Å². The van der Waals surface area contributed by atoms with Crippen LogP contribution >= 0.6 is 0 Å². The number of benzene rings is 1. The number of nitrogens with zero attached hydrogens (tertiary/aromatic N) is 2. The number of nitrogen functional groups attached to an aromatic ring is 1. The van der Waals surface area contributed by atoms with Crippen molar-refractivity contribution in [2.45, 2.75) is 20.1 Å². The summed E-state index contributed by atoms with van der Waals surface area (Å²) in [5.74, 6) is 1.02. The smallest absolute Gasteiger partial charge is 0.242 e. The number of anilines is 1. The van der Waals surface area contributed by atoms with Crippen LogP contribution in [0.5, 0.6) is 0 Å². The van der Waals surface area contributed by atoms with Gasteiger partial charge in [0.25, 0.3) is 0 Å². The fourth-order valence-electron chi connectivity index (χ4n) is 1.31. The van der Waals surface area contributed by atoms with E-state index < -0.39 is 0 Å². The molecule has 84 valence electrons. The molecule has 1 aromatic carbocycles. The number of para-hydroxylation sites is 1. The lowest BCUT2D eigenvalue weighted by molar-refractivity contribution is 0.0892. The maximum absolute atomic E-state index is 5.77. The standard InChI is InChI=1S/C11H13N3O2/c1-8-13-14-11(16-8)7-15-6-9-4-2-3-5-10(9)12/h2-5H,6-7,12H2,1H3. The molecule has 1 aromatic heterocycles. The minimum Gasteiger partial charge on any atom is -0.423 e. The van der Waals surface area contributed by atoms with Crippen LogP contribution in [0.3, 0.4) is 0 Å². The molecular formula is C11H13N3O2. The Morgan fingerprint density at radius 2 is 2.06 bits per heavy atom. The molecular weight excluding hydrogens is 206 g/mol. The van der Waals surface area contributed by atoms with Gasteiger partial charge in [-0.15, -0.1) is 10.2 Å². The Labute approximate surface area is 93.2 Å². The van der Waals surface area contributed by atoms with E-state index in [0.717, 1.165) is 11.3 Å². The van der Waals surface area contributed by atoms with Gasteiger partial charge < -0.3 is 14.9 Å². The molecule has 2 N–H and O–H groups in total. The first-order valence-corrected chi connectivity index (χ1v) is 4.96. The maximum atomic E-state index is 5.77. The number of hydrogen-bond acceptors (Lipinski definition) is 5. The van der Waals surface area contributed by atoms with Crippen LogP contribution < -0.4 is 5.73 Å². The van der Waals surface area contributed by atoms with Crippen molar-refractivity contribution in [3.05, 3.63) is 41.6 Å². The van der Waals surface area contributed by atoms with Crippen molar-refractivity contribution in [3.8, 4) is 0 Å². The second-order valence-electron chi connectivity index (χ2n) is 3.41. The molecule has 2 rings (SSSR count). The molecule has 0 atom stereocenters. The lowest BCUT2D eigenvalue weighted by Crippen LogP contribution is -1.98. The van der Waals surface area contributed by atoms with Gasteiger partial charge in [0.15, 0.2) is 0 Å². The zero-order valence-corrected chi connectivity index (χ0v) is 9.01. The molecule has 0 aliphatic heterocycles. The van der Waals surface area contributed by atoms with Crippen LogP contribution in [0.15, 0.2) is 28.7 Å². The van der Waals surface area contributed by atoms with E-state index in [9.17, 15) is 0 Å². The normalized spacial score (nSPS) is 10.6. The van der Waals surface area contributed by atoms with Crippen LogP contribution in [-0.4, -0.2) is 10.2 Å². The Hall–Kier alpha value is -1.88. The fourth-order valence-corrected chi connectivity index (χ4v) is 1.31. The Bertz CT molecular complexity index is 468. The summed E-state index contributed by atoms with van der Waals surface area (Å²) in [7, 11) is 0. The molecule has 0 fully saturated rings. The molecule has 0 amide bonds. The van der Waals surface area contributed by atoms with Crippen LogP contribution in [0.1, 0.15) is 17.3 Å². The van der Waals surface area contributed by atoms with Crippen LogP contribution in [-0.2, 0) is 18.0 Å². The molecule has 0 unspecified atom stereocenters. The van der Waals surface area contributed by atoms with Crippen LogP contribution in [0.2, 0.25) is 0 Å². The van der Waals surface area contributed by atoms with Gasteiger partial charge in [-0.05, 0) is 6.07 Å². The summed E-state index contributed by atoms with van der Waals surface area (Å²) in [6.45, 7) is 2.48. The van der Waals surface area contributed by atoms with E-state index in [1.165, 1.54) is 0 Å². The van der Waals surface area contributed by atoms with Gasteiger partial charge in [-0.3, -0.25) is 0 Å². The van der Waals surface area contributed by atoms with Crippen molar-refractivity contribution < 1.29 is 9.15 Å². The number of nitrogens with two attached hydrogens (primary N) is 1. The Morgan fingerprint density at radius 1 is 1.25 bits per heavy atom. The van der Waals surface area contributed by atoms with Crippen molar-refractivity contribution >= 4 is 5.69 Å². The summed E-state index contributed by atoms with van der Waals surface area (Å²) in [5, 5.41) is 7.53. The first-order valence-electron chi connectivity index (χ1n) is 4.96. The van der Waals surface area contributed by atoms with E-state index in [0.29, 0.717) is 25.0 Å². The van der Waals surface area contributed by atoms with E-state index >= 15 is 0 Å². The van der Waals surface area contributed by atoms with Crippen molar-refractivity contribution in [1.29, 1.82) is 0 Å². The second kappa shape index (κ2) is 4.76. The third kappa shape index (κ3) is 2.58. The highest BCUT2D eigenvalue weighted by atomic mass is 16.5. The third-order valence-electron chi connectivity index (χ3n) is 2.11. The molecule has 5 nitrogen and oxygen atoms in total. The largest absolute Gasteiger partial charge is 0.423 e. The van der Waals surface area contributed by atoms with Crippen LogP contribution in [0, 0.1) is 6.92 Å². The molecule has 0 aliphatic carbocycles. The van der Waals surface area contributed by atoms with Crippen LogP contribution in [0.25, 0.3) is 0 Å². The molecule has 0 aliphatic rings. The molecule has 0 spiro atoms. The molecule has 0 saturated carbocycles. The monoisotopic (exact) mass is 219 g/mol. The van der Waals surface area contributed by atoms with Crippen molar-refractivity contribution in [2.75, 3.05) is 5.73 Å².